The van der Waals surface area contributed by atoms with Gasteiger partial charge in [-0.2, -0.15) is 0 Å². The van der Waals surface area contributed by atoms with Gasteiger partial charge in [-0.25, -0.2) is 14.4 Å². The molecule has 31 heavy (non-hydrogen) atoms. The van der Waals surface area contributed by atoms with E-state index in [2.05, 4.69) is 17.3 Å². The number of aryl methyl sites for hydroxylation is 1. The first kappa shape index (κ1) is 21.7. The molecule has 3 heterocycles. The molecular formula is C24H32FN5O. The summed E-state index contributed by atoms with van der Waals surface area (Å²) >= 11 is 0. The van der Waals surface area contributed by atoms with E-state index in [4.69, 9.17) is 9.97 Å². The van der Waals surface area contributed by atoms with Crippen molar-refractivity contribution in [1.82, 2.24) is 19.8 Å². The number of nitrogens with one attached hydrogen (secondary N) is 1. The first-order valence-corrected chi connectivity index (χ1v) is 11.3. The van der Waals surface area contributed by atoms with Crippen LogP contribution in [-0.4, -0.2) is 52.9 Å². The predicted octanol–water partition coefficient (Wildman–Crippen LogP) is 3.72. The second-order valence-electron chi connectivity index (χ2n) is 8.67. The van der Waals surface area contributed by atoms with Crippen molar-refractivity contribution in [3.8, 4) is 0 Å². The lowest BCUT2D eigenvalue weighted by Gasteiger charge is -2.36. The van der Waals surface area contributed by atoms with Gasteiger partial charge in [0.05, 0.1) is 11.7 Å². The summed E-state index contributed by atoms with van der Waals surface area (Å²) in [6.45, 7) is 2.60. The van der Waals surface area contributed by atoms with Crippen molar-refractivity contribution in [1.29, 1.82) is 0 Å². The number of nitrogens with zero attached hydrogens (tertiary/aromatic N) is 4. The number of piperidine rings is 1. The van der Waals surface area contributed by atoms with E-state index in [1.807, 2.05) is 11.9 Å². The van der Waals surface area contributed by atoms with Crippen LogP contribution in [0.4, 0.5) is 10.2 Å². The lowest BCUT2D eigenvalue weighted by molar-refractivity contribution is -0.135. The average Bonchev–Trinajstić information content (AvgIpc) is 2.79. The molecule has 0 radical (unpaired) electrons. The van der Waals surface area contributed by atoms with Gasteiger partial charge >= 0.3 is 0 Å². The molecule has 0 spiro atoms. The highest BCUT2D eigenvalue weighted by Gasteiger charge is 2.31. The number of likely N-dealkylation sites (N-methyl/N-ethyl adjacent to an activating group) is 1. The lowest BCUT2D eigenvalue weighted by Crippen LogP contribution is -2.40. The fourth-order valence-electron chi connectivity index (χ4n) is 4.66. The van der Waals surface area contributed by atoms with Crippen LogP contribution in [0.25, 0.3) is 0 Å². The highest BCUT2D eigenvalue weighted by molar-refractivity contribution is 5.76. The minimum atomic E-state index is -0.228. The number of anilines is 1. The van der Waals surface area contributed by atoms with Crippen LogP contribution in [0.1, 0.15) is 60.8 Å². The average molecular weight is 426 g/mol. The van der Waals surface area contributed by atoms with Crippen molar-refractivity contribution in [3.63, 3.8) is 0 Å². The molecule has 2 aromatic rings. The number of hydrogen-bond acceptors (Lipinski definition) is 5. The molecule has 1 aromatic carbocycles. The quantitative estimate of drug-likeness (QED) is 0.764. The maximum absolute atomic E-state index is 13.1. The molecule has 1 saturated heterocycles. The van der Waals surface area contributed by atoms with Gasteiger partial charge in [-0.3, -0.25) is 4.79 Å². The number of likely N-dealkylation sites (tertiary alicyclic amines) is 1. The minimum Gasteiger partial charge on any atom is -0.373 e. The van der Waals surface area contributed by atoms with E-state index in [-0.39, 0.29) is 17.8 Å². The summed E-state index contributed by atoms with van der Waals surface area (Å²) in [4.78, 5) is 27.2. The Bertz CT molecular complexity index is 900. The van der Waals surface area contributed by atoms with Crippen molar-refractivity contribution in [2.45, 2.75) is 57.5 Å². The SMILES string of the molecule is CNc1nc(C2CCCCN2C(=O)CCCc2ccc(F)cc2)nc2c1CN(C)CC2. The Morgan fingerprint density at radius 3 is 2.77 bits per heavy atom. The van der Waals surface area contributed by atoms with Crippen molar-refractivity contribution >= 4 is 11.7 Å². The second-order valence-corrected chi connectivity index (χ2v) is 8.67. The molecular weight excluding hydrogens is 393 g/mol. The molecule has 7 heteroatoms. The molecule has 1 fully saturated rings. The summed E-state index contributed by atoms with van der Waals surface area (Å²) in [5.74, 6) is 1.60. The topological polar surface area (TPSA) is 61.4 Å². The standard InChI is InChI=1S/C24H32FN5O/c1-26-23-19-16-29(2)15-13-20(19)27-24(28-23)21-7-3-4-14-30(21)22(31)8-5-6-17-9-11-18(25)12-10-17/h9-12,21H,3-8,13-16H2,1-2H3,(H,26,27,28). The maximum atomic E-state index is 13.1. The Morgan fingerprint density at radius 2 is 2.00 bits per heavy atom. The normalized spacial score (nSPS) is 19.2. The summed E-state index contributed by atoms with van der Waals surface area (Å²) in [5, 5.41) is 3.25. The summed E-state index contributed by atoms with van der Waals surface area (Å²) in [7, 11) is 4.02. The van der Waals surface area contributed by atoms with Crippen LogP contribution in [-0.2, 0) is 24.2 Å². The molecule has 1 amide bonds. The summed E-state index contributed by atoms with van der Waals surface area (Å²) in [5.41, 5.74) is 3.35. The largest absolute Gasteiger partial charge is 0.373 e. The van der Waals surface area contributed by atoms with E-state index in [9.17, 15) is 9.18 Å². The maximum Gasteiger partial charge on any atom is 0.223 e. The van der Waals surface area contributed by atoms with E-state index in [0.29, 0.717) is 6.42 Å². The number of benzene rings is 1. The number of carbonyl (C=O) groups excluding carboxylic acids is 1. The Hall–Kier alpha value is -2.54. The zero-order chi connectivity index (χ0) is 21.8. The Morgan fingerprint density at radius 1 is 1.19 bits per heavy atom. The number of carbonyl (C=O) groups is 1. The van der Waals surface area contributed by atoms with Gasteiger partial charge in [0, 0.05) is 45.1 Å². The summed E-state index contributed by atoms with van der Waals surface area (Å²) in [6.07, 6.45) is 5.95. The van der Waals surface area contributed by atoms with Crippen LogP contribution in [0, 0.1) is 5.82 Å². The summed E-state index contributed by atoms with van der Waals surface area (Å²) in [6, 6.07) is 6.48. The molecule has 1 atom stereocenters. The number of hydrogen-bond donors (Lipinski definition) is 1. The lowest BCUT2D eigenvalue weighted by atomic mass is 9.99. The van der Waals surface area contributed by atoms with Gasteiger partial charge in [0.25, 0.3) is 0 Å². The first-order valence-electron chi connectivity index (χ1n) is 11.3. The van der Waals surface area contributed by atoms with E-state index >= 15 is 0 Å². The highest BCUT2D eigenvalue weighted by Crippen LogP contribution is 2.32. The number of halogens is 1. The van der Waals surface area contributed by atoms with Crippen molar-refractivity contribution in [2.75, 3.05) is 32.5 Å². The molecule has 0 bridgehead atoms. The minimum absolute atomic E-state index is 0.0517. The Balaban J connectivity index is 1.47. The van der Waals surface area contributed by atoms with Crippen molar-refractivity contribution < 1.29 is 9.18 Å². The van der Waals surface area contributed by atoms with Gasteiger partial charge in [-0.1, -0.05) is 12.1 Å². The van der Waals surface area contributed by atoms with Gasteiger partial charge in [0.1, 0.15) is 11.6 Å². The third-order valence-electron chi connectivity index (χ3n) is 6.40. The molecule has 1 unspecified atom stereocenters. The molecule has 2 aliphatic heterocycles. The van der Waals surface area contributed by atoms with Gasteiger partial charge in [-0.05, 0) is 56.8 Å². The fraction of sp³-hybridized carbons (Fsp3) is 0.542. The molecule has 1 aromatic heterocycles. The van der Waals surface area contributed by atoms with E-state index in [1.165, 1.54) is 17.7 Å². The van der Waals surface area contributed by atoms with Crippen LogP contribution < -0.4 is 5.32 Å². The third kappa shape index (κ3) is 5.03. The van der Waals surface area contributed by atoms with Crippen LogP contribution in [0.3, 0.4) is 0 Å². The fourth-order valence-corrected chi connectivity index (χ4v) is 4.66. The molecule has 0 aliphatic carbocycles. The van der Waals surface area contributed by atoms with E-state index in [1.54, 1.807) is 12.1 Å². The van der Waals surface area contributed by atoms with Crippen LogP contribution in [0.5, 0.6) is 0 Å². The van der Waals surface area contributed by atoms with Gasteiger partial charge in [0.15, 0.2) is 5.82 Å². The van der Waals surface area contributed by atoms with Gasteiger partial charge in [0.2, 0.25) is 5.91 Å². The number of amides is 1. The summed E-state index contributed by atoms with van der Waals surface area (Å²) < 4.78 is 13.1. The molecule has 166 valence electrons. The van der Waals surface area contributed by atoms with Gasteiger partial charge < -0.3 is 15.1 Å². The predicted molar refractivity (Wildman–Crippen MR) is 119 cm³/mol. The first-order chi connectivity index (χ1) is 15.0. The Kier molecular flexibility index (Phi) is 6.80. The molecule has 2 aliphatic rings. The molecule has 0 saturated carbocycles. The zero-order valence-corrected chi connectivity index (χ0v) is 18.5. The molecule has 4 rings (SSSR count). The van der Waals surface area contributed by atoms with Gasteiger partial charge in [-0.15, -0.1) is 0 Å². The highest BCUT2D eigenvalue weighted by atomic mass is 19.1. The monoisotopic (exact) mass is 425 g/mol. The Labute approximate surface area is 183 Å². The van der Waals surface area contributed by atoms with Crippen LogP contribution >= 0.6 is 0 Å². The molecule has 6 nitrogen and oxygen atoms in total. The third-order valence-corrected chi connectivity index (χ3v) is 6.40. The molecule has 1 N–H and O–H groups in total. The van der Waals surface area contributed by atoms with Crippen molar-refractivity contribution in [3.05, 3.63) is 52.7 Å². The smallest absolute Gasteiger partial charge is 0.223 e. The number of aromatic nitrogens is 2. The zero-order valence-electron chi connectivity index (χ0n) is 18.5. The van der Waals surface area contributed by atoms with E-state index in [0.717, 1.165) is 81.1 Å². The van der Waals surface area contributed by atoms with E-state index < -0.39 is 0 Å². The second kappa shape index (κ2) is 9.73. The number of rotatable bonds is 6. The van der Waals surface area contributed by atoms with Crippen LogP contribution in [0.2, 0.25) is 0 Å². The van der Waals surface area contributed by atoms with Crippen molar-refractivity contribution in [2.24, 2.45) is 0 Å². The number of fused-ring (bicyclic) bond motifs is 1. The van der Waals surface area contributed by atoms with Crippen LogP contribution in [0.15, 0.2) is 24.3 Å².